The van der Waals surface area contributed by atoms with E-state index in [4.69, 9.17) is 23.2 Å². The molecular weight excluding hydrogens is 287 g/mol. The van der Waals surface area contributed by atoms with E-state index >= 15 is 0 Å². The number of aromatic nitrogens is 3. The Hall–Kier alpha value is -1.59. The van der Waals surface area contributed by atoms with Crippen LogP contribution in [0.1, 0.15) is 16.2 Å². The molecular formula is C12H12Cl2N4O. The maximum atomic E-state index is 12.2. The number of carbonyl (C=O) groups excluding carboxylic acids is 1. The minimum absolute atomic E-state index is 0.101. The van der Waals surface area contributed by atoms with Gasteiger partial charge in [0.2, 0.25) is 0 Å². The van der Waals surface area contributed by atoms with Gasteiger partial charge in [0.1, 0.15) is 16.1 Å². The molecule has 1 amide bonds. The average Bonchev–Trinajstić information content (AvgIpc) is 2.74. The number of halogens is 2. The second-order valence-electron chi connectivity index (χ2n) is 4.09. The Morgan fingerprint density at radius 3 is 2.74 bits per heavy atom. The zero-order chi connectivity index (χ0) is 14.0. The minimum Gasteiger partial charge on any atom is -0.337 e. The van der Waals surface area contributed by atoms with Crippen molar-refractivity contribution in [1.82, 2.24) is 19.4 Å². The molecule has 0 unspecified atom stereocenters. The molecule has 7 heteroatoms. The molecule has 0 aliphatic heterocycles. The number of rotatable bonds is 3. The van der Waals surface area contributed by atoms with Crippen LogP contribution in [0.4, 0.5) is 0 Å². The van der Waals surface area contributed by atoms with E-state index in [1.165, 1.54) is 11.0 Å². The van der Waals surface area contributed by atoms with Crippen LogP contribution in [0, 0.1) is 0 Å². The van der Waals surface area contributed by atoms with Crippen molar-refractivity contribution in [2.45, 2.75) is 6.54 Å². The first-order valence-electron chi connectivity index (χ1n) is 5.52. The number of aryl methyl sites for hydroxylation is 1. The number of hydrogen-bond donors (Lipinski definition) is 0. The van der Waals surface area contributed by atoms with E-state index in [1.54, 1.807) is 19.3 Å². The number of nitrogens with zero attached hydrogens (tertiary/aromatic N) is 4. The molecule has 2 aromatic heterocycles. The van der Waals surface area contributed by atoms with Gasteiger partial charge >= 0.3 is 0 Å². The summed E-state index contributed by atoms with van der Waals surface area (Å²) in [6.45, 7) is 0.390. The van der Waals surface area contributed by atoms with Crippen molar-refractivity contribution in [3.05, 3.63) is 46.2 Å². The van der Waals surface area contributed by atoms with Crippen molar-refractivity contribution in [3.63, 3.8) is 0 Å². The van der Waals surface area contributed by atoms with Crippen LogP contribution >= 0.6 is 23.2 Å². The van der Waals surface area contributed by atoms with Crippen molar-refractivity contribution in [2.75, 3.05) is 7.05 Å². The van der Waals surface area contributed by atoms with E-state index in [0.717, 1.165) is 5.82 Å². The Balaban J connectivity index is 2.17. The Labute approximate surface area is 120 Å². The van der Waals surface area contributed by atoms with E-state index < -0.39 is 0 Å². The molecule has 100 valence electrons. The lowest BCUT2D eigenvalue weighted by molar-refractivity contribution is 0.0780. The minimum atomic E-state index is -0.225. The van der Waals surface area contributed by atoms with Crippen LogP contribution in [0.5, 0.6) is 0 Å². The van der Waals surface area contributed by atoms with Gasteiger partial charge < -0.3 is 9.47 Å². The summed E-state index contributed by atoms with van der Waals surface area (Å²) in [5.41, 5.74) is 0.322. The van der Waals surface area contributed by atoms with Crippen molar-refractivity contribution in [1.29, 1.82) is 0 Å². The lowest BCUT2D eigenvalue weighted by Gasteiger charge is -2.17. The molecule has 2 heterocycles. The van der Waals surface area contributed by atoms with Crippen LogP contribution in [-0.4, -0.2) is 32.4 Å². The summed E-state index contributed by atoms with van der Waals surface area (Å²) in [6.07, 6.45) is 3.51. The Kier molecular flexibility index (Phi) is 4.07. The molecule has 0 aliphatic carbocycles. The zero-order valence-corrected chi connectivity index (χ0v) is 12.0. The molecule has 0 atom stereocenters. The van der Waals surface area contributed by atoms with Gasteiger partial charge in [0.05, 0.1) is 12.1 Å². The van der Waals surface area contributed by atoms with E-state index in [0.29, 0.717) is 12.1 Å². The first kappa shape index (κ1) is 13.8. The van der Waals surface area contributed by atoms with Gasteiger partial charge in [-0.1, -0.05) is 23.2 Å². The van der Waals surface area contributed by atoms with Gasteiger partial charge in [0, 0.05) is 26.5 Å². The van der Waals surface area contributed by atoms with Gasteiger partial charge in [0.25, 0.3) is 5.91 Å². The molecule has 2 aromatic rings. The predicted octanol–water partition coefficient (Wildman–Crippen LogP) is 2.39. The van der Waals surface area contributed by atoms with E-state index in [-0.39, 0.29) is 16.2 Å². The Bertz CT molecular complexity index is 612. The molecule has 0 aromatic carbocycles. The van der Waals surface area contributed by atoms with Crippen LogP contribution in [0.15, 0.2) is 24.5 Å². The maximum absolute atomic E-state index is 12.2. The average molecular weight is 299 g/mol. The third kappa shape index (κ3) is 3.05. The highest BCUT2D eigenvalue weighted by Crippen LogP contribution is 2.18. The lowest BCUT2D eigenvalue weighted by Crippen LogP contribution is -2.27. The number of hydrogen-bond acceptors (Lipinski definition) is 3. The predicted molar refractivity (Wildman–Crippen MR) is 73.3 cm³/mol. The summed E-state index contributed by atoms with van der Waals surface area (Å²) in [5, 5.41) is 0.359. The molecule has 0 saturated heterocycles. The highest BCUT2D eigenvalue weighted by molar-refractivity contribution is 6.34. The number of amides is 1. The second-order valence-corrected chi connectivity index (χ2v) is 4.83. The van der Waals surface area contributed by atoms with Crippen LogP contribution in [0.2, 0.25) is 10.3 Å². The molecule has 2 rings (SSSR count). The fourth-order valence-corrected chi connectivity index (χ4v) is 2.04. The van der Waals surface area contributed by atoms with Gasteiger partial charge in [-0.05, 0) is 12.1 Å². The normalized spacial score (nSPS) is 10.5. The van der Waals surface area contributed by atoms with Crippen LogP contribution < -0.4 is 0 Å². The fraction of sp³-hybridized carbons (Fsp3) is 0.250. The molecule has 0 spiro atoms. The molecule has 0 fully saturated rings. The summed E-state index contributed by atoms with van der Waals surface area (Å²) >= 11 is 11.6. The van der Waals surface area contributed by atoms with Crippen LogP contribution in [-0.2, 0) is 13.6 Å². The quantitative estimate of drug-likeness (QED) is 0.818. The Morgan fingerprint density at radius 1 is 1.42 bits per heavy atom. The molecule has 19 heavy (non-hydrogen) atoms. The van der Waals surface area contributed by atoms with E-state index in [1.807, 2.05) is 17.8 Å². The fourth-order valence-electron chi connectivity index (χ4n) is 1.61. The van der Waals surface area contributed by atoms with Crippen molar-refractivity contribution in [3.8, 4) is 0 Å². The largest absolute Gasteiger partial charge is 0.337 e. The standard InChI is InChI=1S/C12H12Cl2N4O/c1-17-6-5-15-10(17)7-18(2)12(19)8-3-4-9(13)16-11(8)14/h3-6H,7H2,1-2H3. The number of pyridine rings is 1. The van der Waals surface area contributed by atoms with Crippen LogP contribution in [0.3, 0.4) is 0 Å². The summed E-state index contributed by atoms with van der Waals surface area (Å²) in [4.78, 5) is 21.8. The van der Waals surface area contributed by atoms with Crippen molar-refractivity contribution >= 4 is 29.1 Å². The van der Waals surface area contributed by atoms with Gasteiger partial charge in [-0.3, -0.25) is 4.79 Å². The van der Waals surface area contributed by atoms with Crippen molar-refractivity contribution in [2.24, 2.45) is 7.05 Å². The molecule has 0 bridgehead atoms. The first-order valence-corrected chi connectivity index (χ1v) is 6.28. The highest BCUT2D eigenvalue weighted by Gasteiger charge is 2.17. The number of imidazole rings is 1. The second kappa shape index (κ2) is 5.59. The molecule has 0 aliphatic rings. The number of carbonyl (C=O) groups is 1. The molecule has 0 saturated carbocycles. The molecule has 0 radical (unpaired) electrons. The van der Waals surface area contributed by atoms with Gasteiger partial charge in [0.15, 0.2) is 0 Å². The van der Waals surface area contributed by atoms with Crippen molar-refractivity contribution < 1.29 is 4.79 Å². The summed E-state index contributed by atoms with van der Waals surface area (Å²) in [6, 6.07) is 3.10. The topological polar surface area (TPSA) is 51.0 Å². The van der Waals surface area contributed by atoms with Gasteiger partial charge in [-0.25, -0.2) is 9.97 Å². The van der Waals surface area contributed by atoms with Gasteiger partial charge in [-0.2, -0.15) is 0 Å². The first-order chi connectivity index (χ1) is 8.99. The summed E-state index contributed by atoms with van der Waals surface area (Å²) in [7, 11) is 3.55. The van der Waals surface area contributed by atoms with E-state index in [2.05, 4.69) is 9.97 Å². The summed E-state index contributed by atoms with van der Waals surface area (Å²) < 4.78 is 1.85. The molecule has 0 N–H and O–H groups in total. The monoisotopic (exact) mass is 298 g/mol. The maximum Gasteiger partial charge on any atom is 0.257 e. The summed E-state index contributed by atoms with van der Waals surface area (Å²) in [5.74, 6) is 0.561. The Morgan fingerprint density at radius 2 is 2.16 bits per heavy atom. The third-order valence-corrected chi connectivity index (χ3v) is 3.19. The molecule has 5 nitrogen and oxygen atoms in total. The van der Waals surface area contributed by atoms with Gasteiger partial charge in [-0.15, -0.1) is 0 Å². The highest BCUT2D eigenvalue weighted by atomic mass is 35.5. The van der Waals surface area contributed by atoms with Crippen LogP contribution in [0.25, 0.3) is 0 Å². The lowest BCUT2D eigenvalue weighted by atomic mass is 10.2. The third-order valence-electron chi connectivity index (χ3n) is 2.69. The smallest absolute Gasteiger partial charge is 0.257 e. The SMILES string of the molecule is CN(Cc1nccn1C)C(=O)c1ccc(Cl)nc1Cl. The van der Waals surface area contributed by atoms with E-state index in [9.17, 15) is 4.79 Å². The zero-order valence-electron chi connectivity index (χ0n) is 10.5.